The van der Waals surface area contributed by atoms with E-state index in [1.165, 1.54) is 16.8 Å². The summed E-state index contributed by atoms with van der Waals surface area (Å²) in [7, 11) is 0. The number of benzene rings is 1. The third-order valence-electron chi connectivity index (χ3n) is 2.19. The molecule has 2 aromatic rings. The lowest BCUT2D eigenvalue weighted by molar-refractivity contribution is 0.112. The van der Waals surface area contributed by atoms with E-state index in [4.69, 9.17) is 11.6 Å². The number of aldehydes is 1. The smallest absolute Gasteiger partial charge is 0.256 e. The van der Waals surface area contributed by atoms with E-state index in [1.807, 2.05) is 18.2 Å². The van der Waals surface area contributed by atoms with E-state index in [9.17, 15) is 9.59 Å². The Morgan fingerprint density at radius 1 is 1.19 bits per heavy atom. The van der Waals surface area contributed by atoms with E-state index in [0.717, 1.165) is 0 Å². The van der Waals surface area contributed by atoms with E-state index < -0.39 is 0 Å². The van der Waals surface area contributed by atoms with E-state index >= 15 is 0 Å². The molecule has 4 heteroatoms. The average molecular weight is 234 g/mol. The summed E-state index contributed by atoms with van der Waals surface area (Å²) < 4.78 is 1.38. The summed E-state index contributed by atoms with van der Waals surface area (Å²) in [5, 5.41) is 0.173. The number of pyridine rings is 1. The molecule has 1 heterocycles. The molecule has 0 aliphatic carbocycles. The van der Waals surface area contributed by atoms with Gasteiger partial charge in [0.15, 0.2) is 6.29 Å². The van der Waals surface area contributed by atoms with E-state index in [1.54, 1.807) is 12.1 Å². The SMILES string of the molecule is O=Cc1cn(-c2ccccc2)c(=O)cc1Cl. The van der Waals surface area contributed by atoms with Gasteiger partial charge >= 0.3 is 0 Å². The van der Waals surface area contributed by atoms with Gasteiger partial charge in [0.1, 0.15) is 0 Å². The number of nitrogens with zero attached hydrogens (tertiary/aromatic N) is 1. The van der Waals surface area contributed by atoms with Gasteiger partial charge in [0.25, 0.3) is 5.56 Å². The van der Waals surface area contributed by atoms with Crippen molar-refractivity contribution in [1.82, 2.24) is 4.57 Å². The van der Waals surface area contributed by atoms with Crippen LogP contribution in [0.1, 0.15) is 10.4 Å². The number of hydrogen-bond acceptors (Lipinski definition) is 2. The Hall–Kier alpha value is -1.87. The minimum absolute atomic E-state index is 0.173. The Bertz CT molecular complexity index is 575. The van der Waals surface area contributed by atoms with Gasteiger partial charge in [0.2, 0.25) is 0 Å². The normalized spacial score (nSPS) is 10.1. The molecule has 3 nitrogen and oxygen atoms in total. The summed E-state index contributed by atoms with van der Waals surface area (Å²) in [6, 6.07) is 10.3. The predicted octanol–water partition coefficient (Wildman–Crippen LogP) is 2.30. The number of halogens is 1. The minimum Gasteiger partial charge on any atom is -0.298 e. The van der Waals surface area contributed by atoms with Crippen LogP contribution >= 0.6 is 11.6 Å². The number of rotatable bonds is 2. The molecule has 0 saturated heterocycles. The lowest BCUT2D eigenvalue weighted by Crippen LogP contribution is -2.17. The van der Waals surface area contributed by atoms with E-state index in [2.05, 4.69) is 0 Å². The van der Waals surface area contributed by atoms with Gasteiger partial charge in [-0.3, -0.25) is 14.2 Å². The molecule has 0 saturated carbocycles. The molecule has 0 bridgehead atoms. The van der Waals surface area contributed by atoms with Crippen LogP contribution in [-0.2, 0) is 0 Å². The van der Waals surface area contributed by atoms with Crippen molar-refractivity contribution in [2.24, 2.45) is 0 Å². The first kappa shape index (κ1) is 10.6. The second-order valence-corrected chi connectivity index (χ2v) is 3.65. The van der Waals surface area contributed by atoms with Crippen LogP contribution in [0.2, 0.25) is 5.02 Å². The van der Waals surface area contributed by atoms with Crippen LogP contribution in [-0.4, -0.2) is 10.9 Å². The molecule has 1 aromatic heterocycles. The Balaban J connectivity index is 2.67. The summed E-state index contributed by atoms with van der Waals surface area (Å²) in [6.45, 7) is 0. The van der Waals surface area contributed by atoms with Crippen LogP contribution in [0.4, 0.5) is 0 Å². The van der Waals surface area contributed by atoms with E-state index in [0.29, 0.717) is 17.5 Å². The second-order valence-electron chi connectivity index (χ2n) is 3.24. The molecule has 2 rings (SSSR count). The first-order chi connectivity index (χ1) is 7.72. The Morgan fingerprint density at radius 2 is 1.88 bits per heavy atom. The van der Waals surface area contributed by atoms with Crippen molar-refractivity contribution in [1.29, 1.82) is 0 Å². The largest absolute Gasteiger partial charge is 0.298 e. The highest BCUT2D eigenvalue weighted by Gasteiger charge is 2.05. The molecule has 80 valence electrons. The van der Waals surface area contributed by atoms with Crippen molar-refractivity contribution < 1.29 is 4.79 Å². The summed E-state index contributed by atoms with van der Waals surface area (Å²) >= 11 is 5.74. The van der Waals surface area contributed by atoms with Crippen molar-refractivity contribution in [2.45, 2.75) is 0 Å². The second kappa shape index (κ2) is 4.33. The molecule has 16 heavy (non-hydrogen) atoms. The zero-order valence-corrected chi connectivity index (χ0v) is 9.02. The third-order valence-corrected chi connectivity index (χ3v) is 2.52. The predicted molar refractivity (Wildman–Crippen MR) is 62.4 cm³/mol. The van der Waals surface area contributed by atoms with Gasteiger partial charge in [-0.15, -0.1) is 0 Å². The van der Waals surface area contributed by atoms with Crippen molar-refractivity contribution in [2.75, 3.05) is 0 Å². The standard InChI is InChI=1S/C12H8ClNO2/c13-11-6-12(16)14(7-9(11)8-15)10-4-2-1-3-5-10/h1-8H. The number of hydrogen-bond donors (Lipinski definition) is 0. The van der Waals surface area contributed by atoms with Crippen LogP contribution in [0.15, 0.2) is 47.4 Å². The zero-order chi connectivity index (χ0) is 11.5. The molecule has 0 aliphatic heterocycles. The number of para-hydroxylation sites is 1. The van der Waals surface area contributed by atoms with E-state index in [-0.39, 0.29) is 10.6 Å². The molecule has 0 fully saturated rings. The Labute approximate surface area is 96.9 Å². The van der Waals surface area contributed by atoms with Crippen LogP contribution < -0.4 is 5.56 Å². The van der Waals surface area contributed by atoms with Gasteiger partial charge in [0.05, 0.1) is 5.02 Å². The molecule has 0 spiro atoms. The van der Waals surface area contributed by atoms with Crippen LogP contribution in [0.3, 0.4) is 0 Å². The van der Waals surface area contributed by atoms with Crippen molar-refractivity contribution in [3.63, 3.8) is 0 Å². The highest BCUT2D eigenvalue weighted by Crippen LogP contribution is 2.12. The molecule has 0 aliphatic rings. The van der Waals surface area contributed by atoms with Gasteiger partial charge in [0, 0.05) is 23.5 Å². The first-order valence-electron chi connectivity index (χ1n) is 4.65. The molecular formula is C12H8ClNO2. The summed E-state index contributed by atoms with van der Waals surface area (Å²) in [6.07, 6.45) is 2.06. The monoisotopic (exact) mass is 233 g/mol. The van der Waals surface area contributed by atoms with Crippen molar-refractivity contribution in [3.05, 3.63) is 63.5 Å². The zero-order valence-electron chi connectivity index (χ0n) is 8.26. The topological polar surface area (TPSA) is 39.1 Å². The third kappa shape index (κ3) is 1.90. The quantitative estimate of drug-likeness (QED) is 0.747. The number of carbonyl (C=O) groups excluding carboxylic acids is 1. The molecular weight excluding hydrogens is 226 g/mol. The highest BCUT2D eigenvalue weighted by atomic mass is 35.5. The number of carbonyl (C=O) groups is 1. The summed E-state index contributed by atoms with van der Waals surface area (Å²) in [5.41, 5.74) is 0.735. The van der Waals surface area contributed by atoms with Gasteiger partial charge in [-0.05, 0) is 12.1 Å². The van der Waals surface area contributed by atoms with Crippen molar-refractivity contribution in [3.8, 4) is 5.69 Å². The lowest BCUT2D eigenvalue weighted by Gasteiger charge is -2.06. The fourth-order valence-corrected chi connectivity index (χ4v) is 1.59. The van der Waals surface area contributed by atoms with Crippen LogP contribution in [0, 0.1) is 0 Å². The number of aromatic nitrogens is 1. The maximum Gasteiger partial charge on any atom is 0.256 e. The molecule has 1 aromatic carbocycles. The molecule has 0 N–H and O–H groups in total. The first-order valence-corrected chi connectivity index (χ1v) is 5.03. The fraction of sp³-hybridized carbons (Fsp3) is 0. The molecule has 0 atom stereocenters. The van der Waals surface area contributed by atoms with Gasteiger partial charge in [-0.1, -0.05) is 29.8 Å². The van der Waals surface area contributed by atoms with Crippen LogP contribution in [0.25, 0.3) is 5.69 Å². The highest BCUT2D eigenvalue weighted by molar-refractivity contribution is 6.32. The Kier molecular flexibility index (Phi) is 2.88. The average Bonchev–Trinajstić information content (AvgIpc) is 2.30. The lowest BCUT2D eigenvalue weighted by atomic mass is 10.2. The molecule has 0 radical (unpaired) electrons. The van der Waals surface area contributed by atoms with Gasteiger partial charge in [-0.2, -0.15) is 0 Å². The maximum absolute atomic E-state index is 11.7. The summed E-state index contributed by atoms with van der Waals surface area (Å²) in [5.74, 6) is 0. The van der Waals surface area contributed by atoms with Crippen LogP contribution in [0.5, 0.6) is 0 Å². The molecule has 0 unspecified atom stereocenters. The van der Waals surface area contributed by atoms with Crippen molar-refractivity contribution >= 4 is 17.9 Å². The Morgan fingerprint density at radius 3 is 2.50 bits per heavy atom. The maximum atomic E-state index is 11.7. The minimum atomic E-state index is -0.262. The van der Waals surface area contributed by atoms with Gasteiger partial charge in [-0.25, -0.2) is 0 Å². The van der Waals surface area contributed by atoms with Gasteiger partial charge < -0.3 is 0 Å². The summed E-state index contributed by atoms with van der Waals surface area (Å²) in [4.78, 5) is 22.4. The molecule has 0 amide bonds. The fourth-order valence-electron chi connectivity index (χ4n) is 1.40.